The van der Waals surface area contributed by atoms with Crippen LogP contribution in [0.25, 0.3) is 0 Å². The van der Waals surface area contributed by atoms with Gasteiger partial charge in [0.25, 0.3) is 0 Å². The van der Waals surface area contributed by atoms with Crippen molar-refractivity contribution in [2.24, 2.45) is 0 Å². The van der Waals surface area contributed by atoms with Gasteiger partial charge in [-0.3, -0.25) is 0 Å². The molecule has 0 aliphatic carbocycles. The number of benzene rings is 1. The first-order valence-electron chi connectivity index (χ1n) is 5.08. The molecule has 0 heterocycles. The third-order valence-corrected chi connectivity index (χ3v) is 4.26. The van der Waals surface area contributed by atoms with E-state index >= 15 is 0 Å². The summed E-state index contributed by atoms with van der Waals surface area (Å²) in [6.07, 6.45) is 0. The van der Waals surface area contributed by atoms with Crippen LogP contribution in [-0.2, 0) is 4.74 Å². The Morgan fingerprint density at radius 3 is 2.75 bits per heavy atom. The van der Waals surface area contributed by atoms with Gasteiger partial charge in [-0.05, 0) is 18.5 Å². The summed E-state index contributed by atoms with van der Waals surface area (Å²) in [7, 11) is 1.78. The molecule has 6 heteroatoms. The standard InChI is InChI=1S/C10H15BO3S2/c1-2-14-7-8-15-16-10-6-4-3-5-9(10)11(12)13/h3-6,12-13H,2,7-8H2,1H3. The Morgan fingerprint density at radius 1 is 1.31 bits per heavy atom. The van der Waals surface area contributed by atoms with Crippen molar-refractivity contribution in [3.63, 3.8) is 0 Å². The van der Waals surface area contributed by atoms with Gasteiger partial charge in [0.1, 0.15) is 0 Å². The van der Waals surface area contributed by atoms with Crippen molar-refractivity contribution in [1.29, 1.82) is 0 Å². The van der Waals surface area contributed by atoms with Crippen LogP contribution < -0.4 is 5.46 Å². The first kappa shape index (κ1) is 13.9. The quantitative estimate of drug-likeness (QED) is 0.436. The van der Waals surface area contributed by atoms with Crippen molar-refractivity contribution < 1.29 is 14.8 Å². The summed E-state index contributed by atoms with van der Waals surface area (Å²) in [5, 5.41) is 18.3. The maximum absolute atomic E-state index is 9.15. The van der Waals surface area contributed by atoms with E-state index in [1.165, 1.54) is 0 Å². The Morgan fingerprint density at radius 2 is 2.06 bits per heavy atom. The highest BCUT2D eigenvalue weighted by Gasteiger charge is 2.15. The van der Waals surface area contributed by atoms with Gasteiger partial charge in [0, 0.05) is 17.3 Å². The molecule has 0 saturated carbocycles. The molecule has 0 aliphatic heterocycles. The van der Waals surface area contributed by atoms with E-state index < -0.39 is 7.12 Å². The van der Waals surface area contributed by atoms with Crippen molar-refractivity contribution in [3.05, 3.63) is 24.3 Å². The molecule has 0 atom stereocenters. The summed E-state index contributed by atoms with van der Waals surface area (Å²) in [5.74, 6) is 0.883. The molecule has 0 bridgehead atoms. The van der Waals surface area contributed by atoms with Gasteiger partial charge in [0.2, 0.25) is 0 Å². The average molecular weight is 258 g/mol. The molecule has 0 fully saturated rings. The topological polar surface area (TPSA) is 49.7 Å². The highest BCUT2D eigenvalue weighted by atomic mass is 33.1. The minimum absolute atomic E-state index is 0.552. The number of rotatable bonds is 7. The van der Waals surface area contributed by atoms with Gasteiger partial charge in [-0.15, -0.1) is 0 Å². The van der Waals surface area contributed by atoms with E-state index in [0.29, 0.717) is 5.46 Å². The number of hydrogen-bond acceptors (Lipinski definition) is 5. The molecule has 0 radical (unpaired) electrons. The molecular weight excluding hydrogens is 243 g/mol. The molecule has 1 rings (SSSR count). The van der Waals surface area contributed by atoms with Gasteiger partial charge >= 0.3 is 7.12 Å². The van der Waals surface area contributed by atoms with E-state index in [9.17, 15) is 0 Å². The predicted octanol–water partition coefficient (Wildman–Crippen LogP) is 1.14. The lowest BCUT2D eigenvalue weighted by Crippen LogP contribution is -2.31. The maximum Gasteiger partial charge on any atom is 0.489 e. The second-order valence-electron chi connectivity index (χ2n) is 3.01. The summed E-state index contributed by atoms with van der Waals surface area (Å²) < 4.78 is 5.22. The Balaban J connectivity index is 2.41. The van der Waals surface area contributed by atoms with Crippen LogP contribution in [0.1, 0.15) is 6.92 Å². The molecule has 0 unspecified atom stereocenters. The van der Waals surface area contributed by atoms with Crippen LogP contribution in [0.4, 0.5) is 0 Å². The van der Waals surface area contributed by atoms with Crippen LogP contribution in [0.2, 0.25) is 0 Å². The fraction of sp³-hybridized carbons (Fsp3) is 0.400. The first-order valence-corrected chi connectivity index (χ1v) is 7.40. The van der Waals surface area contributed by atoms with E-state index in [1.54, 1.807) is 33.7 Å². The smallest absolute Gasteiger partial charge is 0.423 e. The van der Waals surface area contributed by atoms with Gasteiger partial charge < -0.3 is 14.8 Å². The van der Waals surface area contributed by atoms with Gasteiger partial charge in [-0.2, -0.15) is 0 Å². The largest absolute Gasteiger partial charge is 0.489 e. The van der Waals surface area contributed by atoms with E-state index in [4.69, 9.17) is 14.8 Å². The Hall–Kier alpha value is -0.135. The maximum atomic E-state index is 9.15. The zero-order valence-corrected chi connectivity index (χ0v) is 10.8. The van der Waals surface area contributed by atoms with E-state index in [0.717, 1.165) is 23.9 Å². The molecule has 0 saturated heterocycles. The third kappa shape index (κ3) is 4.80. The van der Waals surface area contributed by atoms with Crippen molar-refractivity contribution in [2.45, 2.75) is 11.8 Å². The highest BCUT2D eigenvalue weighted by Crippen LogP contribution is 2.29. The number of hydrogen-bond donors (Lipinski definition) is 2. The third-order valence-electron chi connectivity index (χ3n) is 1.86. The second kappa shape index (κ2) is 8.03. The SMILES string of the molecule is CCOCCSSc1ccccc1B(O)O. The lowest BCUT2D eigenvalue weighted by molar-refractivity contribution is 0.165. The molecule has 88 valence electrons. The summed E-state index contributed by atoms with van der Waals surface area (Å²) >= 11 is 0. The zero-order chi connectivity index (χ0) is 11.8. The van der Waals surface area contributed by atoms with Crippen molar-refractivity contribution in [2.75, 3.05) is 19.0 Å². The highest BCUT2D eigenvalue weighted by molar-refractivity contribution is 8.76. The fourth-order valence-corrected chi connectivity index (χ4v) is 3.20. The van der Waals surface area contributed by atoms with Crippen LogP contribution in [0, 0.1) is 0 Å². The average Bonchev–Trinajstić information content (AvgIpc) is 2.29. The predicted molar refractivity (Wildman–Crippen MR) is 71.1 cm³/mol. The molecule has 16 heavy (non-hydrogen) atoms. The molecule has 2 N–H and O–H groups in total. The minimum Gasteiger partial charge on any atom is -0.423 e. The summed E-state index contributed by atoms with van der Waals surface area (Å²) in [4.78, 5) is 0.888. The van der Waals surface area contributed by atoms with Crippen LogP contribution in [0.15, 0.2) is 29.2 Å². The molecule has 0 aliphatic rings. The zero-order valence-electron chi connectivity index (χ0n) is 9.13. The van der Waals surface area contributed by atoms with E-state index in [-0.39, 0.29) is 0 Å². The molecule has 1 aromatic carbocycles. The normalized spacial score (nSPS) is 10.4. The van der Waals surface area contributed by atoms with E-state index in [2.05, 4.69) is 0 Å². The molecule has 0 amide bonds. The van der Waals surface area contributed by atoms with Crippen LogP contribution in [0.3, 0.4) is 0 Å². The summed E-state index contributed by atoms with van der Waals surface area (Å²) in [6, 6.07) is 7.28. The molecule has 0 spiro atoms. The van der Waals surface area contributed by atoms with Crippen LogP contribution >= 0.6 is 21.6 Å². The van der Waals surface area contributed by atoms with Crippen LogP contribution in [0.5, 0.6) is 0 Å². The van der Waals surface area contributed by atoms with Gasteiger partial charge in [-0.1, -0.05) is 39.8 Å². The Bertz CT molecular complexity index is 310. The molecular formula is C10H15BO3S2. The molecule has 0 aromatic heterocycles. The number of ether oxygens (including phenoxy) is 1. The van der Waals surface area contributed by atoms with Gasteiger partial charge in [-0.25, -0.2) is 0 Å². The van der Waals surface area contributed by atoms with Crippen molar-refractivity contribution in [1.82, 2.24) is 0 Å². The van der Waals surface area contributed by atoms with Gasteiger partial charge in [0.15, 0.2) is 0 Å². The fourth-order valence-electron chi connectivity index (χ4n) is 1.11. The monoisotopic (exact) mass is 258 g/mol. The summed E-state index contributed by atoms with van der Waals surface area (Å²) in [6.45, 7) is 3.42. The lowest BCUT2D eigenvalue weighted by atomic mass is 9.80. The Kier molecular flexibility index (Phi) is 6.99. The lowest BCUT2D eigenvalue weighted by Gasteiger charge is -2.07. The first-order chi connectivity index (χ1) is 7.75. The summed E-state index contributed by atoms with van der Waals surface area (Å²) in [5.41, 5.74) is 0.552. The minimum atomic E-state index is -1.41. The molecule has 3 nitrogen and oxygen atoms in total. The Labute approximate surface area is 104 Å². The second-order valence-corrected chi connectivity index (χ2v) is 5.47. The van der Waals surface area contributed by atoms with E-state index in [1.807, 2.05) is 19.1 Å². The van der Waals surface area contributed by atoms with Crippen molar-refractivity contribution >= 4 is 34.2 Å². The van der Waals surface area contributed by atoms with Crippen LogP contribution in [-0.4, -0.2) is 36.1 Å². The van der Waals surface area contributed by atoms with Crippen molar-refractivity contribution in [3.8, 4) is 0 Å². The van der Waals surface area contributed by atoms with Gasteiger partial charge in [0.05, 0.1) is 6.61 Å². The molecule has 1 aromatic rings.